The Labute approximate surface area is 168 Å². The van der Waals surface area contributed by atoms with E-state index in [0.717, 1.165) is 10.5 Å². The predicted molar refractivity (Wildman–Crippen MR) is 107 cm³/mol. The largest absolute Gasteiger partial charge is 0.459 e. The lowest BCUT2D eigenvalue weighted by molar-refractivity contribution is -0.122. The smallest absolute Gasteiger partial charge is 0.290 e. The Morgan fingerprint density at radius 3 is 2.31 bits per heavy atom. The average Bonchev–Trinajstić information content (AvgIpc) is 3.38. The van der Waals surface area contributed by atoms with Gasteiger partial charge in [0, 0.05) is 6.54 Å². The van der Waals surface area contributed by atoms with E-state index in [0.29, 0.717) is 18.7 Å². The Hall–Kier alpha value is -3.67. The van der Waals surface area contributed by atoms with Crippen LogP contribution in [0.15, 0.2) is 83.5 Å². The summed E-state index contributed by atoms with van der Waals surface area (Å²) >= 11 is 0. The number of hydrogen-bond acceptors (Lipinski definition) is 4. The molecule has 29 heavy (non-hydrogen) atoms. The SMILES string of the molecule is O=C1CC(N(CCc2ccccc2)C(=O)c2ccco2)C(=O)N1c1ccccc1. The Morgan fingerprint density at radius 2 is 1.66 bits per heavy atom. The van der Waals surface area contributed by atoms with E-state index in [1.165, 1.54) is 11.2 Å². The van der Waals surface area contributed by atoms with Crippen LogP contribution in [-0.2, 0) is 16.0 Å². The summed E-state index contributed by atoms with van der Waals surface area (Å²) in [7, 11) is 0. The number of para-hydroxylation sites is 1. The summed E-state index contributed by atoms with van der Waals surface area (Å²) in [6.07, 6.45) is 1.94. The van der Waals surface area contributed by atoms with Gasteiger partial charge in [-0.15, -0.1) is 0 Å². The molecule has 1 unspecified atom stereocenters. The van der Waals surface area contributed by atoms with Crippen LogP contribution < -0.4 is 4.90 Å². The Kier molecular flexibility index (Phi) is 5.24. The lowest BCUT2D eigenvalue weighted by atomic mass is 10.1. The van der Waals surface area contributed by atoms with Crippen LogP contribution in [0.4, 0.5) is 5.69 Å². The molecule has 2 aromatic carbocycles. The third-order valence-corrected chi connectivity index (χ3v) is 4.99. The predicted octanol–water partition coefficient (Wildman–Crippen LogP) is 3.30. The molecule has 1 aromatic heterocycles. The van der Waals surface area contributed by atoms with Crippen LogP contribution in [0.2, 0.25) is 0 Å². The van der Waals surface area contributed by atoms with E-state index in [4.69, 9.17) is 4.42 Å². The minimum atomic E-state index is -0.857. The molecule has 0 radical (unpaired) electrons. The molecule has 3 aromatic rings. The fourth-order valence-electron chi connectivity index (χ4n) is 3.54. The highest BCUT2D eigenvalue weighted by Crippen LogP contribution is 2.26. The van der Waals surface area contributed by atoms with Crippen LogP contribution in [0.5, 0.6) is 0 Å². The van der Waals surface area contributed by atoms with Crippen molar-refractivity contribution in [3.8, 4) is 0 Å². The van der Waals surface area contributed by atoms with Gasteiger partial charge < -0.3 is 9.32 Å². The molecule has 0 saturated carbocycles. The summed E-state index contributed by atoms with van der Waals surface area (Å²) in [6.45, 7) is 0.301. The van der Waals surface area contributed by atoms with E-state index in [9.17, 15) is 14.4 Å². The molecule has 2 heterocycles. The van der Waals surface area contributed by atoms with Crippen molar-refractivity contribution >= 4 is 23.4 Å². The van der Waals surface area contributed by atoms with Crippen LogP contribution in [-0.4, -0.2) is 35.2 Å². The van der Waals surface area contributed by atoms with E-state index in [-0.39, 0.29) is 18.1 Å². The molecule has 1 saturated heterocycles. The van der Waals surface area contributed by atoms with Gasteiger partial charge in [-0.3, -0.25) is 14.4 Å². The number of carbonyl (C=O) groups is 3. The van der Waals surface area contributed by atoms with Crippen molar-refractivity contribution < 1.29 is 18.8 Å². The van der Waals surface area contributed by atoms with E-state index < -0.39 is 17.9 Å². The van der Waals surface area contributed by atoms with Crippen molar-refractivity contribution in [1.82, 2.24) is 4.90 Å². The van der Waals surface area contributed by atoms with Gasteiger partial charge in [0.15, 0.2) is 5.76 Å². The summed E-state index contributed by atoms with van der Waals surface area (Å²) < 4.78 is 5.26. The van der Waals surface area contributed by atoms with Gasteiger partial charge in [-0.05, 0) is 36.2 Å². The molecular formula is C23H20N2O4. The van der Waals surface area contributed by atoms with Gasteiger partial charge in [-0.25, -0.2) is 4.90 Å². The van der Waals surface area contributed by atoms with Crippen LogP contribution in [0.3, 0.4) is 0 Å². The second-order valence-corrected chi connectivity index (χ2v) is 6.83. The van der Waals surface area contributed by atoms with E-state index in [1.54, 1.807) is 36.4 Å². The Morgan fingerprint density at radius 1 is 0.966 bits per heavy atom. The molecule has 1 fully saturated rings. The maximum Gasteiger partial charge on any atom is 0.290 e. The van der Waals surface area contributed by atoms with Gasteiger partial charge in [-0.2, -0.15) is 0 Å². The Bertz CT molecular complexity index is 1000. The third kappa shape index (κ3) is 3.82. The first-order chi connectivity index (χ1) is 14.1. The standard InChI is InChI=1S/C23H20N2O4/c26-21-16-19(22(27)25(21)18-10-5-2-6-11-18)24(23(28)20-12-7-15-29-20)14-13-17-8-3-1-4-9-17/h1-12,15,19H,13-14,16H2. The number of furan rings is 1. The van der Waals surface area contributed by atoms with Gasteiger partial charge in [0.1, 0.15) is 6.04 Å². The van der Waals surface area contributed by atoms with E-state index >= 15 is 0 Å². The topological polar surface area (TPSA) is 70.8 Å². The van der Waals surface area contributed by atoms with Gasteiger partial charge in [0.2, 0.25) is 5.91 Å². The number of nitrogens with zero attached hydrogens (tertiary/aromatic N) is 2. The number of benzene rings is 2. The molecular weight excluding hydrogens is 368 g/mol. The first-order valence-electron chi connectivity index (χ1n) is 9.45. The second-order valence-electron chi connectivity index (χ2n) is 6.83. The summed E-state index contributed by atoms with van der Waals surface area (Å²) in [5.41, 5.74) is 1.56. The molecule has 0 aliphatic carbocycles. The van der Waals surface area contributed by atoms with Gasteiger partial charge >= 0.3 is 0 Å². The van der Waals surface area contributed by atoms with Crippen LogP contribution >= 0.6 is 0 Å². The van der Waals surface area contributed by atoms with Crippen molar-refractivity contribution in [1.29, 1.82) is 0 Å². The molecule has 0 spiro atoms. The van der Waals surface area contributed by atoms with Gasteiger partial charge in [0.25, 0.3) is 11.8 Å². The van der Waals surface area contributed by atoms with Gasteiger partial charge in [-0.1, -0.05) is 48.5 Å². The zero-order valence-corrected chi connectivity index (χ0v) is 15.7. The van der Waals surface area contributed by atoms with Crippen molar-refractivity contribution in [2.45, 2.75) is 18.9 Å². The number of rotatable bonds is 6. The molecule has 0 bridgehead atoms. The highest BCUT2D eigenvalue weighted by atomic mass is 16.3. The number of hydrogen-bond donors (Lipinski definition) is 0. The molecule has 0 N–H and O–H groups in total. The van der Waals surface area contributed by atoms with Crippen molar-refractivity contribution in [3.05, 3.63) is 90.4 Å². The van der Waals surface area contributed by atoms with Crippen LogP contribution in [0, 0.1) is 0 Å². The first kappa shape index (κ1) is 18.7. The fourth-order valence-corrected chi connectivity index (χ4v) is 3.54. The maximum absolute atomic E-state index is 13.1. The van der Waals surface area contributed by atoms with Crippen LogP contribution in [0.25, 0.3) is 0 Å². The zero-order valence-electron chi connectivity index (χ0n) is 15.7. The lowest BCUT2D eigenvalue weighted by Crippen LogP contribution is -2.46. The summed E-state index contributed by atoms with van der Waals surface area (Å²) in [4.78, 5) is 41.4. The number of amides is 3. The quantitative estimate of drug-likeness (QED) is 0.608. The second kappa shape index (κ2) is 8.14. The minimum Gasteiger partial charge on any atom is -0.459 e. The maximum atomic E-state index is 13.1. The molecule has 6 nitrogen and oxygen atoms in total. The molecule has 1 atom stereocenters. The summed E-state index contributed by atoms with van der Waals surface area (Å²) in [5, 5.41) is 0. The first-order valence-corrected chi connectivity index (χ1v) is 9.45. The van der Waals surface area contributed by atoms with Crippen molar-refractivity contribution in [2.24, 2.45) is 0 Å². The van der Waals surface area contributed by atoms with Crippen LogP contribution in [0.1, 0.15) is 22.5 Å². The highest BCUT2D eigenvalue weighted by molar-refractivity contribution is 6.23. The zero-order chi connectivity index (χ0) is 20.2. The minimum absolute atomic E-state index is 0.0467. The van der Waals surface area contributed by atoms with Crippen molar-refractivity contribution in [3.63, 3.8) is 0 Å². The third-order valence-electron chi connectivity index (χ3n) is 4.99. The molecule has 6 heteroatoms. The van der Waals surface area contributed by atoms with Crippen molar-refractivity contribution in [2.75, 3.05) is 11.4 Å². The molecule has 146 valence electrons. The number of carbonyl (C=O) groups excluding carboxylic acids is 3. The summed E-state index contributed by atoms with van der Waals surface area (Å²) in [5.74, 6) is -0.958. The normalized spacial score (nSPS) is 16.3. The highest BCUT2D eigenvalue weighted by Gasteiger charge is 2.44. The van der Waals surface area contributed by atoms with Gasteiger partial charge in [0.05, 0.1) is 18.4 Å². The average molecular weight is 388 g/mol. The molecule has 1 aliphatic rings. The fraction of sp³-hybridized carbons (Fsp3) is 0.174. The molecule has 1 aliphatic heterocycles. The molecule has 4 rings (SSSR count). The lowest BCUT2D eigenvalue weighted by Gasteiger charge is -2.27. The number of imide groups is 1. The number of anilines is 1. The van der Waals surface area contributed by atoms with E-state index in [1.807, 2.05) is 36.4 Å². The monoisotopic (exact) mass is 388 g/mol. The summed E-state index contributed by atoms with van der Waals surface area (Å²) in [6, 6.07) is 20.8. The van der Waals surface area contributed by atoms with E-state index in [2.05, 4.69) is 0 Å². The Balaban J connectivity index is 1.61. The molecule has 3 amide bonds.